The van der Waals surface area contributed by atoms with E-state index in [-0.39, 0.29) is 106 Å². The van der Waals surface area contributed by atoms with E-state index in [1.807, 2.05) is 0 Å². The smallest absolute Gasteiger partial charge is 1.00 e. The fraction of sp³-hybridized carbons (Fsp3) is 0.133. The zero-order valence-corrected chi connectivity index (χ0v) is 21.5. The predicted molar refractivity (Wildman–Crippen MR) is 91.0 cm³/mol. The Labute approximate surface area is 240 Å². The summed E-state index contributed by atoms with van der Waals surface area (Å²) in [7, 11) is -0.147. The maximum absolute atomic E-state index is 11.7. The van der Waals surface area contributed by atoms with E-state index in [1.54, 1.807) is 36.4 Å². The van der Waals surface area contributed by atoms with Crippen molar-refractivity contribution >= 4 is 31.3 Å². The average Bonchev–Trinajstić information content (AvgIpc) is 2.61. The summed E-state index contributed by atoms with van der Waals surface area (Å²) in [6.07, 6.45) is -1.22. The molecule has 2 aromatic rings. The van der Waals surface area contributed by atoms with Crippen molar-refractivity contribution in [1.82, 2.24) is 0 Å². The monoisotopic (exact) mass is 410 g/mol. The van der Waals surface area contributed by atoms with Gasteiger partial charge in [-0.2, -0.15) is 0 Å². The first-order valence-corrected chi connectivity index (χ1v) is 7.05. The normalized spacial score (nSPS) is 9.08. The molecule has 0 saturated carbocycles. The van der Waals surface area contributed by atoms with Crippen molar-refractivity contribution < 1.29 is 139 Å². The third-order valence-corrected chi connectivity index (χ3v) is 3.17. The van der Waals surface area contributed by atoms with Gasteiger partial charge in [-0.1, -0.05) is 24.3 Å². The van der Waals surface area contributed by atoms with Crippen molar-refractivity contribution in [3.8, 4) is 11.5 Å². The van der Waals surface area contributed by atoms with Crippen LogP contribution in [0.5, 0.6) is 11.5 Å². The van der Waals surface area contributed by atoms with Crippen LogP contribution < -0.4 is 123 Å². The third-order valence-electron chi connectivity index (χ3n) is 3.17. The van der Waals surface area contributed by atoms with Gasteiger partial charge < -0.3 is 31.7 Å². The van der Waals surface area contributed by atoms with Crippen LogP contribution in [0.3, 0.4) is 0 Å². The quantitative estimate of drug-likeness (QED) is 0.459. The Kier molecular flexibility index (Phi) is 14.1. The number of methoxy groups -OCH3 is 2. The van der Waals surface area contributed by atoms with Gasteiger partial charge >= 0.3 is 123 Å². The Morgan fingerprint density at radius 1 is 0.846 bits per heavy atom. The van der Waals surface area contributed by atoms with Crippen LogP contribution in [-0.4, -0.2) is 44.7 Å². The Morgan fingerprint density at radius 3 is 1.58 bits per heavy atom. The SMILES string of the molecule is COc1cccc(B(O)OC(=O)OB(O)c2cccc(OC)c2)c1.[H-].[H-].[K+].[K+]. The number of benzene rings is 2. The molecule has 0 aliphatic rings. The maximum atomic E-state index is 11.7. The van der Waals surface area contributed by atoms with Gasteiger partial charge in [0, 0.05) is 10.9 Å². The van der Waals surface area contributed by atoms with Crippen molar-refractivity contribution in [1.29, 1.82) is 0 Å². The summed E-state index contributed by atoms with van der Waals surface area (Å²) in [5, 5.41) is 19.8. The number of carbonyl (C=O) groups excluding carboxylic acids is 1. The molecular weight excluding hydrogens is 392 g/mol. The molecule has 2 rings (SSSR count). The molecular formula is C15H18B2K2O7. The van der Waals surface area contributed by atoms with Crippen molar-refractivity contribution in [2.24, 2.45) is 0 Å². The molecule has 0 saturated heterocycles. The fourth-order valence-corrected chi connectivity index (χ4v) is 1.94. The number of hydrogen-bond donors (Lipinski definition) is 2. The summed E-state index contributed by atoms with van der Waals surface area (Å²) in [6, 6.07) is 12.8. The summed E-state index contributed by atoms with van der Waals surface area (Å²) in [4.78, 5) is 11.7. The molecule has 0 fully saturated rings. The largest absolute Gasteiger partial charge is 1.00 e. The van der Waals surface area contributed by atoms with E-state index in [9.17, 15) is 14.8 Å². The van der Waals surface area contributed by atoms with E-state index >= 15 is 0 Å². The van der Waals surface area contributed by atoms with Gasteiger partial charge in [-0.25, -0.2) is 4.79 Å². The first-order valence-electron chi connectivity index (χ1n) is 7.05. The minimum Gasteiger partial charge on any atom is -1.00 e. The first kappa shape index (κ1) is 26.6. The Morgan fingerprint density at radius 2 is 1.23 bits per heavy atom. The Bertz CT molecular complexity index is 658. The molecule has 0 aliphatic carbocycles. The second-order valence-corrected chi connectivity index (χ2v) is 4.74. The van der Waals surface area contributed by atoms with E-state index < -0.39 is 20.4 Å². The van der Waals surface area contributed by atoms with Crippen molar-refractivity contribution in [2.75, 3.05) is 14.2 Å². The molecule has 7 nitrogen and oxygen atoms in total. The summed E-state index contributed by atoms with van der Waals surface area (Å²) < 4.78 is 19.5. The minimum atomic E-state index is -1.55. The summed E-state index contributed by atoms with van der Waals surface area (Å²) in [6.45, 7) is 0. The number of rotatable bonds is 6. The van der Waals surface area contributed by atoms with Crippen LogP contribution in [0, 0.1) is 0 Å². The van der Waals surface area contributed by atoms with Crippen LogP contribution in [0.25, 0.3) is 0 Å². The van der Waals surface area contributed by atoms with Crippen molar-refractivity contribution in [2.45, 2.75) is 0 Å². The number of carbonyl (C=O) groups is 1. The van der Waals surface area contributed by atoms with Gasteiger partial charge in [0.1, 0.15) is 11.5 Å². The van der Waals surface area contributed by atoms with Crippen LogP contribution in [-0.2, 0) is 9.31 Å². The second-order valence-electron chi connectivity index (χ2n) is 4.74. The van der Waals surface area contributed by atoms with Crippen LogP contribution in [0.1, 0.15) is 2.85 Å². The molecule has 0 aliphatic heterocycles. The van der Waals surface area contributed by atoms with Gasteiger partial charge in [-0.05, 0) is 24.3 Å². The van der Waals surface area contributed by atoms with Crippen LogP contribution in [0.15, 0.2) is 48.5 Å². The summed E-state index contributed by atoms with van der Waals surface area (Å²) in [5.74, 6) is 1.000. The van der Waals surface area contributed by atoms with Crippen LogP contribution >= 0.6 is 0 Å². The number of ether oxygens (including phenoxy) is 2. The van der Waals surface area contributed by atoms with E-state index in [2.05, 4.69) is 0 Å². The first-order chi connectivity index (χ1) is 11.5. The van der Waals surface area contributed by atoms with Gasteiger partial charge in [-0.15, -0.1) is 0 Å². The molecule has 0 spiro atoms. The molecule has 0 amide bonds. The zero-order valence-electron chi connectivity index (χ0n) is 17.2. The molecule has 2 aromatic carbocycles. The summed E-state index contributed by atoms with van der Waals surface area (Å²) >= 11 is 0. The van der Waals surface area contributed by atoms with Gasteiger partial charge in [0.25, 0.3) is 0 Å². The topological polar surface area (TPSA) is 94.5 Å². The van der Waals surface area contributed by atoms with Gasteiger partial charge in [0.05, 0.1) is 14.2 Å². The number of hydrogen-bond acceptors (Lipinski definition) is 7. The van der Waals surface area contributed by atoms with E-state index in [0.29, 0.717) is 22.4 Å². The van der Waals surface area contributed by atoms with E-state index in [1.165, 1.54) is 26.4 Å². The van der Waals surface area contributed by atoms with E-state index in [4.69, 9.17) is 18.8 Å². The molecule has 0 unspecified atom stereocenters. The second kappa shape index (κ2) is 13.7. The molecule has 0 aromatic heterocycles. The molecule has 2 N–H and O–H groups in total. The summed E-state index contributed by atoms with van der Waals surface area (Å²) in [5.41, 5.74) is 0.615. The fourth-order valence-electron chi connectivity index (χ4n) is 1.94. The van der Waals surface area contributed by atoms with Crippen LogP contribution in [0.2, 0.25) is 0 Å². The average molecular weight is 410 g/mol. The zero-order chi connectivity index (χ0) is 17.5. The third kappa shape index (κ3) is 8.33. The molecule has 11 heteroatoms. The Balaban J connectivity index is -0.00000156. The molecule has 0 radical (unpaired) electrons. The Hall–Kier alpha value is 0.633. The standard InChI is InChI=1S/C15H16B2O7.2K.2H/c1-21-13-7-3-5-11(9-13)16(19)23-15(18)24-17(20)12-6-4-8-14(10-12)22-2;;;;/h3-10,19-20H,1-2H3;;;;/q;2*+1;2*-1. The van der Waals surface area contributed by atoms with Crippen LogP contribution in [0.4, 0.5) is 4.79 Å². The van der Waals surface area contributed by atoms with Gasteiger partial charge in [0.15, 0.2) is 0 Å². The molecule has 0 atom stereocenters. The molecule has 128 valence electrons. The maximum Gasteiger partial charge on any atom is 1.00 e. The molecule has 0 bridgehead atoms. The van der Waals surface area contributed by atoms with Crippen molar-refractivity contribution in [3.05, 3.63) is 48.5 Å². The molecule has 0 heterocycles. The predicted octanol–water partition coefficient (Wildman–Crippen LogP) is -5.83. The minimum absolute atomic E-state index is 0. The van der Waals surface area contributed by atoms with Crippen molar-refractivity contribution in [3.63, 3.8) is 0 Å². The van der Waals surface area contributed by atoms with Gasteiger partial charge in [-0.3, -0.25) is 0 Å². The molecule has 26 heavy (non-hydrogen) atoms. The van der Waals surface area contributed by atoms with E-state index in [0.717, 1.165) is 0 Å². The van der Waals surface area contributed by atoms with Gasteiger partial charge in [0.2, 0.25) is 0 Å².